The highest BCUT2D eigenvalue weighted by Crippen LogP contribution is 2.34. The molecule has 2 aliphatic rings. The number of hydrogen-bond acceptors (Lipinski definition) is 4. The Bertz CT molecular complexity index is 1060. The van der Waals surface area contributed by atoms with Gasteiger partial charge < -0.3 is 15.1 Å². The van der Waals surface area contributed by atoms with E-state index in [4.69, 9.17) is 0 Å². The predicted molar refractivity (Wildman–Crippen MR) is 109 cm³/mol. The van der Waals surface area contributed by atoms with Crippen LogP contribution >= 0.6 is 0 Å². The van der Waals surface area contributed by atoms with Gasteiger partial charge in [-0.2, -0.15) is 5.10 Å². The number of nitrogens with one attached hydrogen (secondary N) is 2. The Balaban J connectivity index is 1.51. The minimum Gasteiger partial charge on any atom is -0.316 e. The molecule has 1 fully saturated rings. The van der Waals surface area contributed by atoms with Crippen LogP contribution in [0.25, 0.3) is 22.2 Å². The van der Waals surface area contributed by atoms with Crippen LogP contribution in [0.1, 0.15) is 24.6 Å². The maximum atomic E-state index is 12.7. The van der Waals surface area contributed by atoms with E-state index in [2.05, 4.69) is 38.4 Å². The molecule has 1 unspecified atom stereocenters. The molecule has 3 aromatic rings. The number of pyridine rings is 1. The molecule has 28 heavy (non-hydrogen) atoms. The van der Waals surface area contributed by atoms with Crippen molar-refractivity contribution in [3.8, 4) is 11.3 Å². The average Bonchev–Trinajstić information content (AvgIpc) is 3.32. The Kier molecular flexibility index (Phi) is 4.05. The van der Waals surface area contributed by atoms with Crippen LogP contribution in [-0.2, 0) is 6.54 Å². The summed E-state index contributed by atoms with van der Waals surface area (Å²) in [6, 6.07) is 8.46. The van der Waals surface area contributed by atoms with Crippen molar-refractivity contribution in [1.29, 1.82) is 0 Å². The lowest BCUT2D eigenvalue weighted by molar-refractivity contribution is 0.180. The first kappa shape index (κ1) is 17.2. The maximum absolute atomic E-state index is 12.7. The monoisotopic (exact) mass is 376 g/mol. The Hall–Kier alpha value is -2.93. The predicted octanol–water partition coefficient (Wildman–Crippen LogP) is 3.38. The molecule has 2 amide bonds. The Labute approximate surface area is 163 Å². The van der Waals surface area contributed by atoms with Crippen molar-refractivity contribution in [2.45, 2.75) is 32.9 Å². The normalized spacial score (nSPS) is 19.9. The van der Waals surface area contributed by atoms with Gasteiger partial charge in [-0.05, 0) is 49.7 Å². The summed E-state index contributed by atoms with van der Waals surface area (Å²) in [5.74, 6) is 0. The molecule has 7 nitrogen and oxygen atoms in total. The third kappa shape index (κ3) is 2.82. The number of anilines is 1. The number of rotatable bonds is 3. The summed E-state index contributed by atoms with van der Waals surface area (Å²) in [5, 5.41) is 11.8. The lowest BCUT2D eigenvalue weighted by atomic mass is 10.0. The van der Waals surface area contributed by atoms with Gasteiger partial charge in [-0.15, -0.1) is 0 Å². The fourth-order valence-corrected chi connectivity index (χ4v) is 4.36. The molecule has 0 aliphatic carbocycles. The lowest BCUT2D eigenvalue weighted by Crippen LogP contribution is -2.46. The molecule has 2 aromatic heterocycles. The first-order valence-corrected chi connectivity index (χ1v) is 9.86. The Morgan fingerprint density at radius 2 is 2.18 bits per heavy atom. The molecule has 0 saturated carbocycles. The van der Waals surface area contributed by atoms with Crippen LogP contribution in [0.5, 0.6) is 0 Å². The summed E-state index contributed by atoms with van der Waals surface area (Å²) in [4.78, 5) is 21.4. The summed E-state index contributed by atoms with van der Waals surface area (Å²) in [5.41, 5.74) is 5.87. The van der Waals surface area contributed by atoms with Crippen LogP contribution in [0.4, 0.5) is 10.5 Å². The maximum Gasteiger partial charge on any atom is 0.322 e. The van der Waals surface area contributed by atoms with Crippen LogP contribution in [-0.4, -0.2) is 56.7 Å². The van der Waals surface area contributed by atoms with Gasteiger partial charge >= 0.3 is 6.03 Å². The van der Waals surface area contributed by atoms with E-state index in [1.165, 1.54) is 0 Å². The molecule has 5 rings (SSSR count). The van der Waals surface area contributed by atoms with Crippen LogP contribution < -0.4 is 5.32 Å². The summed E-state index contributed by atoms with van der Waals surface area (Å²) in [6.07, 6.45) is 2.84. The quantitative estimate of drug-likeness (QED) is 0.735. The van der Waals surface area contributed by atoms with Gasteiger partial charge in [0.15, 0.2) is 0 Å². The summed E-state index contributed by atoms with van der Waals surface area (Å²) < 4.78 is 0. The zero-order chi connectivity index (χ0) is 19.3. The van der Waals surface area contributed by atoms with Crippen LogP contribution in [0.15, 0.2) is 30.5 Å². The van der Waals surface area contributed by atoms with Crippen molar-refractivity contribution in [1.82, 2.24) is 25.0 Å². The number of carbonyl (C=O) groups is 1. The number of aromatic nitrogens is 3. The number of nitrogens with zero attached hydrogens (tertiary/aromatic N) is 4. The minimum atomic E-state index is -0.000648. The molecule has 1 saturated heterocycles. The average molecular weight is 376 g/mol. The number of carbonyl (C=O) groups excluding carboxylic acids is 1. The van der Waals surface area contributed by atoms with E-state index in [-0.39, 0.29) is 12.1 Å². The standard InChI is InChI=1S/C21H24N6O/c1-3-26-7-5-16(12-26)27-11-15-9-17-19(10-18(15)23-21(27)28)24-25-20(17)14-4-6-22-13(2)8-14/h4,6,8-10,16H,3,5,7,11-12H2,1-2H3,(H,23,28)(H,24,25). The van der Waals surface area contributed by atoms with E-state index in [1.807, 2.05) is 36.2 Å². The van der Waals surface area contributed by atoms with Crippen molar-refractivity contribution in [2.75, 3.05) is 25.0 Å². The number of aryl methyl sites for hydroxylation is 1. The van der Waals surface area contributed by atoms with Crippen LogP contribution in [0, 0.1) is 6.92 Å². The number of amides is 2. The Morgan fingerprint density at radius 1 is 1.29 bits per heavy atom. The number of fused-ring (bicyclic) bond motifs is 2. The number of urea groups is 1. The summed E-state index contributed by atoms with van der Waals surface area (Å²) in [6.45, 7) is 7.84. The highest BCUT2D eigenvalue weighted by molar-refractivity contribution is 6.00. The van der Waals surface area contributed by atoms with Gasteiger partial charge in [0.1, 0.15) is 5.69 Å². The SMILES string of the molecule is CCN1CCC(N2Cc3cc4c(-c5ccnc(C)c5)n[nH]c4cc3NC2=O)C1. The van der Waals surface area contributed by atoms with Crippen molar-refractivity contribution in [3.63, 3.8) is 0 Å². The minimum absolute atomic E-state index is 0.000648. The molecule has 1 atom stereocenters. The fourth-order valence-electron chi connectivity index (χ4n) is 4.36. The molecule has 2 N–H and O–H groups in total. The molecule has 4 heterocycles. The van der Waals surface area contributed by atoms with Crippen LogP contribution in [0.2, 0.25) is 0 Å². The van der Waals surface area contributed by atoms with E-state index in [9.17, 15) is 4.79 Å². The van der Waals surface area contributed by atoms with E-state index < -0.39 is 0 Å². The number of H-pyrrole nitrogens is 1. The number of benzene rings is 1. The third-order valence-corrected chi connectivity index (χ3v) is 5.94. The molecular formula is C21H24N6O. The summed E-state index contributed by atoms with van der Waals surface area (Å²) >= 11 is 0. The fraction of sp³-hybridized carbons (Fsp3) is 0.381. The van der Waals surface area contributed by atoms with Crippen molar-refractivity contribution >= 4 is 22.6 Å². The number of aromatic amines is 1. The van der Waals surface area contributed by atoms with Gasteiger partial charge in [0.25, 0.3) is 0 Å². The zero-order valence-corrected chi connectivity index (χ0v) is 16.2. The van der Waals surface area contributed by atoms with Gasteiger partial charge in [-0.1, -0.05) is 6.92 Å². The first-order chi connectivity index (χ1) is 13.6. The molecular weight excluding hydrogens is 352 g/mol. The zero-order valence-electron chi connectivity index (χ0n) is 16.2. The van der Waals surface area contributed by atoms with Gasteiger partial charge in [0, 0.05) is 54.2 Å². The smallest absolute Gasteiger partial charge is 0.316 e. The van der Waals surface area contributed by atoms with Crippen molar-refractivity contribution < 1.29 is 4.79 Å². The third-order valence-electron chi connectivity index (χ3n) is 5.94. The largest absolute Gasteiger partial charge is 0.322 e. The first-order valence-electron chi connectivity index (χ1n) is 9.86. The second-order valence-electron chi connectivity index (χ2n) is 7.71. The molecule has 7 heteroatoms. The molecule has 2 aliphatic heterocycles. The lowest BCUT2D eigenvalue weighted by Gasteiger charge is -2.34. The van der Waals surface area contributed by atoms with Crippen LogP contribution in [0.3, 0.4) is 0 Å². The molecule has 144 valence electrons. The van der Waals surface area contributed by atoms with Gasteiger partial charge in [-0.25, -0.2) is 4.79 Å². The molecule has 0 radical (unpaired) electrons. The summed E-state index contributed by atoms with van der Waals surface area (Å²) in [7, 11) is 0. The molecule has 0 spiro atoms. The van der Waals surface area contributed by atoms with Gasteiger partial charge in [0.2, 0.25) is 0 Å². The topological polar surface area (TPSA) is 77.2 Å². The number of likely N-dealkylation sites (N-methyl/N-ethyl adjacent to an activating group) is 1. The van der Waals surface area contributed by atoms with Gasteiger partial charge in [-0.3, -0.25) is 10.1 Å². The van der Waals surface area contributed by atoms with Gasteiger partial charge in [0.05, 0.1) is 5.52 Å². The van der Waals surface area contributed by atoms with E-state index in [0.29, 0.717) is 6.54 Å². The second-order valence-corrected chi connectivity index (χ2v) is 7.71. The second kappa shape index (κ2) is 6.60. The highest BCUT2D eigenvalue weighted by Gasteiger charge is 2.33. The highest BCUT2D eigenvalue weighted by atomic mass is 16.2. The van der Waals surface area contributed by atoms with E-state index in [1.54, 1.807) is 0 Å². The van der Waals surface area contributed by atoms with E-state index in [0.717, 1.165) is 65.2 Å². The van der Waals surface area contributed by atoms with E-state index >= 15 is 0 Å². The number of hydrogen-bond donors (Lipinski definition) is 2. The number of likely N-dealkylation sites (tertiary alicyclic amines) is 1. The van der Waals surface area contributed by atoms with Crippen molar-refractivity contribution in [3.05, 3.63) is 41.7 Å². The molecule has 0 bridgehead atoms. The Morgan fingerprint density at radius 3 is 2.96 bits per heavy atom. The molecule has 1 aromatic carbocycles. The van der Waals surface area contributed by atoms with Crippen molar-refractivity contribution in [2.24, 2.45) is 0 Å².